The predicted molar refractivity (Wildman–Crippen MR) is 167 cm³/mol. The molecule has 0 saturated heterocycles. The number of aryl methyl sites for hydroxylation is 2. The van der Waals surface area contributed by atoms with Crippen molar-refractivity contribution >= 4 is 39.1 Å². The molecule has 0 unspecified atom stereocenters. The van der Waals surface area contributed by atoms with Gasteiger partial charge in [0.2, 0.25) is 11.8 Å². The number of rotatable bonds is 11. The molecule has 1 N–H and O–H groups in total. The smallest absolute Gasteiger partial charge is 0.264 e. The average Bonchev–Trinajstić information content (AvgIpc) is 2.98. The van der Waals surface area contributed by atoms with E-state index in [0.29, 0.717) is 16.3 Å². The fraction of sp³-hybridized carbons (Fsp3) is 0.212. The first kappa shape index (κ1) is 30.8. The van der Waals surface area contributed by atoms with E-state index in [2.05, 4.69) is 5.32 Å². The SMILES string of the molecule is CNC(=O)[C@@H](Cc1ccccc1)N(Cc1cccc(Cl)c1)C(=O)CN(c1cccc(C)c1)S(=O)(=O)c1ccc(C)cc1. The van der Waals surface area contributed by atoms with Crippen molar-refractivity contribution in [3.8, 4) is 0 Å². The number of amides is 2. The van der Waals surface area contributed by atoms with Crippen LogP contribution in [0.15, 0.2) is 108 Å². The van der Waals surface area contributed by atoms with Crippen LogP contribution in [0, 0.1) is 13.8 Å². The summed E-state index contributed by atoms with van der Waals surface area (Å²) >= 11 is 6.25. The van der Waals surface area contributed by atoms with E-state index in [-0.39, 0.29) is 23.8 Å². The minimum absolute atomic E-state index is 0.0521. The van der Waals surface area contributed by atoms with Crippen LogP contribution in [0.1, 0.15) is 22.3 Å². The maximum absolute atomic E-state index is 14.3. The molecule has 0 aromatic heterocycles. The summed E-state index contributed by atoms with van der Waals surface area (Å²) < 4.78 is 29.2. The Morgan fingerprint density at radius 2 is 1.48 bits per heavy atom. The number of anilines is 1. The van der Waals surface area contributed by atoms with Crippen LogP contribution in [0.4, 0.5) is 5.69 Å². The van der Waals surface area contributed by atoms with Crippen molar-refractivity contribution in [2.24, 2.45) is 0 Å². The van der Waals surface area contributed by atoms with Crippen LogP contribution in [0.2, 0.25) is 5.02 Å². The van der Waals surface area contributed by atoms with Gasteiger partial charge in [0.15, 0.2) is 0 Å². The van der Waals surface area contributed by atoms with Gasteiger partial charge in [0.1, 0.15) is 12.6 Å². The number of likely N-dealkylation sites (N-methyl/N-ethyl adjacent to an activating group) is 1. The summed E-state index contributed by atoms with van der Waals surface area (Å²) in [6.45, 7) is 3.27. The van der Waals surface area contributed by atoms with E-state index in [1.807, 2.05) is 56.3 Å². The van der Waals surface area contributed by atoms with Crippen molar-refractivity contribution in [1.82, 2.24) is 10.2 Å². The zero-order valence-electron chi connectivity index (χ0n) is 23.8. The van der Waals surface area contributed by atoms with Crippen LogP contribution in [0.5, 0.6) is 0 Å². The molecule has 0 radical (unpaired) electrons. The molecule has 0 aliphatic rings. The highest BCUT2D eigenvalue weighted by molar-refractivity contribution is 7.92. The number of hydrogen-bond donors (Lipinski definition) is 1. The van der Waals surface area contributed by atoms with Gasteiger partial charge in [-0.15, -0.1) is 0 Å². The van der Waals surface area contributed by atoms with E-state index < -0.39 is 28.5 Å². The minimum Gasteiger partial charge on any atom is -0.357 e. The van der Waals surface area contributed by atoms with Gasteiger partial charge in [-0.25, -0.2) is 8.42 Å². The molecule has 218 valence electrons. The molecule has 7 nitrogen and oxygen atoms in total. The number of hydrogen-bond acceptors (Lipinski definition) is 4. The quantitative estimate of drug-likeness (QED) is 0.244. The second-order valence-corrected chi connectivity index (χ2v) is 12.4. The standard InChI is InChI=1S/C33H34ClN3O4S/c1-24-15-17-30(18-16-24)42(40,41)37(29-14-7-9-25(2)19-29)23-32(38)36(22-27-12-8-13-28(34)20-27)31(33(39)35-3)21-26-10-5-4-6-11-26/h4-20,31H,21-23H2,1-3H3,(H,35,39)/t31-/m1/s1. The van der Waals surface area contributed by atoms with Gasteiger partial charge in [0.25, 0.3) is 10.0 Å². The molecule has 0 bridgehead atoms. The van der Waals surface area contributed by atoms with Crippen LogP contribution < -0.4 is 9.62 Å². The first-order valence-corrected chi connectivity index (χ1v) is 15.4. The van der Waals surface area contributed by atoms with Crippen molar-refractivity contribution < 1.29 is 18.0 Å². The Morgan fingerprint density at radius 1 is 0.810 bits per heavy atom. The molecule has 4 aromatic rings. The first-order chi connectivity index (χ1) is 20.1. The van der Waals surface area contributed by atoms with Crippen LogP contribution in [0.25, 0.3) is 0 Å². The summed E-state index contributed by atoms with van der Waals surface area (Å²) in [4.78, 5) is 29.1. The molecule has 0 spiro atoms. The summed E-state index contributed by atoms with van der Waals surface area (Å²) in [5.74, 6) is -0.894. The van der Waals surface area contributed by atoms with Crippen molar-refractivity contribution in [1.29, 1.82) is 0 Å². The van der Waals surface area contributed by atoms with E-state index >= 15 is 0 Å². The molecular weight excluding hydrogens is 570 g/mol. The van der Waals surface area contributed by atoms with Gasteiger partial charge in [0.05, 0.1) is 10.6 Å². The lowest BCUT2D eigenvalue weighted by molar-refractivity contribution is -0.139. The van der Waals surface area contributed by atoms with Crippen LogP contribution in [0.3, 0.4) is 0 Å². The lowest BCUT2D eigenvalue weighted by atomic mass is 10.0. The zero-order chi connectivity index (χ0) is 30.3. The topological polar surface area (TPSA) is 86.8 Å². The molecule has 0 heterocycles. The molecule has 4 aromatic carbocycles. The first-order valence-electron chi connectivity index (χ1n) is 13.5. The molecule has 9 heteroatoms. The van der Waals surface area contributed by atoms with E-state index in [1.165, 1.54) is 24.1 Å². The van der Waals surface area contributed by atoms with Crippen molar-refractivity contribution in [2.45, 2.75) is 37.8 Å². The Bertz CT molecular complexity index is 1640. The summed E-state index contributed by atoms with van der Waals surface area (Å²) in [5, 5.41) is 3.17. The fourth-order valence-corrected chi connectivity index (χ4v) is 6.32. The Hall–Kier alpha value is -4.14. The number of nitrogens with one attached hydrogen (secondary N) is 1. The molecule has 4 rings (SSSR count). The van der Waals surface area contributed by atoms with Gasteiger partial charge in [-0.3, -0.25) is 13.9 Å². The third-order valence-corrected chi connectivity index (χ3v) is 8.96. The molecular formula is C33H34ClN3O4S. The summed E-state index contributed by atoms with van der Waals surface area (Å²) in [5.41, 5.74) is 3.67. The second-order valence-electron chi connectivity index (χ2n) is 10.1. The Morgan fingerprint density at radius 3 is 2.12 bits per heavy atom. The number of benzene rings is 4. The monoisotopic (exact) mass is 603 g/mol. The van der Waals surface area contributed by atoms with Gasteiger partial charge in [-0.05, 0) is 66.9 Å². The Balaban J connectivity index is 1.79. The van der Waals surface area contributed by atoms with Gasteiger partial charge in [-0.2, -0.15) is 0 Å². The number of carbonyl (C=O) groups excluding carboxylic acids is 2. The summed E-state index contributed by atoms with van der Waals surface area (Å²) in [6.07, 6.45) is 0.238. The number of sulfonamides is 1. The second kappa shape index (κ2) is 13.7. The molecule has 0 fully saturated rings. The number of nitrogens with zero attached hydrogens (tertiary/aromatic N) is 2. The van der Waals surface area contributed by atoms with Gasteiger partial charge in [-0.1, -0.05) is 83.9 Å². The highest BCUT2D eigenvalue weighted by Gasteiger charge is 2.34. The largest absolute Gasteiger partial charge is 0.357 e. The maximum atomic E-state index is 14.3. The third-order valence-electron chi connectivity index (χ3n) is 6.94. The highest BCUT2D eigenvalue weighted by Crippen LogP contribution is 2.26. The van der Waals surface area contributed by atoms with Crippen molar-refractivity contribution in [3.05, 3.63) is 130 Å². The lowest BCUT2D eigenvalue weighted by Crippen LogP contribution is -2.53. The Labute approximate surface area is 252 Å². The normalized spacial score (nSPS) is 11.9. The molecule has 0 aliphatic heterocycles. The molecule has 0 saturated carbocycles. The molecule has 42 heavy (non-hydrogen) atoms. The van der Waals surface area contributed by atoms with Gasteiger partial charge >= 0.3 is 0 Å². The van der Waals surface area contributed by atoms with Crippen molar-refractivity contribution in [2.75, 3.05) is 17.9 Å². The summed E-state index contributed by atoms with van der Waals surface area (Å²) in [7, 11) is -2.62. The fourth-order valence-electron chi connectivity index (χ4n) is 4.70. The zero-order valence-corrected chi connectivity index (χ0v) is 25.4. The molecule has 0 aliphatic carbocycles. The van der Waals surface area contributed by atoms with Crippen LogP contribution >= 0.6 is 11.6 Å². The van der Waals surface area contributed by atoms with E-state index in [1.54, 1.807) is 48.5 Å². The van der Waals surface area contributed by atoms with E-state index in [0.717, 1.165) is 21.0 Å². The predicted octanol–water partition coefficient (Wildman–Crippen LogP) is 5.54. The minimum atomic E-state index is -4.14. The maximum Gasteiger partial charge on any atom is 0.264 e. The van der Waals surface area contributed by atoms with Gasteiger partial charge < -0.3 is 10.2 Å². The van der Waals surface area contributed by atoms with Crippen molar-refractivity contribution in [3.63, 3.8) is 0 Å². The van der Waals surface area contributed by atoms with E-state index in [4.69, 9.17) is 11.6 Å². The summed E-state index contributed by atoms with van der Waals surface area (Å²) in [6, 6.07) is 29.0. The van der Waals surface area contributed by atoms with E-state index in [9.17, 15) is 18.0 Å². The molecule has 2 amide bonds. The number of carbonyl (C=O) groups is 2. The Kier molecular flexibility index (Phi) is 10.0. The average molecular weight is 604 g/mol. The van der Waals surface area contributed by atoms with Gasteiger partial charge in [0, 0.05) is 25.0 Å². The third kappa shape index (κ3) is 7.57. The lowest BCUT2D eigenvalue weighted by Gasteiger charge is -2.33. The van der Waals surface area contributed by atoms with Crippen LogP contribution in [-0.4, -0.2) is 44.8 Å². The van der Waals surface area contributed by atoms with Crippen LogP contribution in [-0.2, 0) is 32.6 Å². The molecule has 1 atom stereocenters. The highest BCUT2D eigenvalue weighted by atomic mass is 35.5. The number of halogens is 1.